The van der Waals surface area contributed by atoms with Crippen LogP contribution in [-0.2, 0) is 0 Å². The summed E-state index contributed by atoms with van der Waals surface area (Å²) in [5, 5.41) is 9.36. The van der Waals surface area contributed by atoms with Crippen molar-refractivity contribution in [3.63, 3.8) is 0 Å². The molecule has 1 N–H and O–H groups in total. The number of nitrogens with zero attached hydrogens (tertiary/aromatic N) is 1. The summed E-state index contributed by atoms with van der Waals surface area (Å²) in [5.74, 6) is 0.883. The fourth-order valence-corrected chi connectivity index (χ4v) is 2.24. The molecule has 0 aromatic heterocycles. The highest BCUT2D eigenvalue weighted by molar-refractivity contribution is 9.10. The van der Waals surface area contributed by atoms with Crippen LogP contribution in [0.1, 0.15) is 6.42 Å². The molecule has 0 bridgehead atoms. The van der Waals surface area contributed by atoms with Crippen LogP contribution in [0.5, 0.6) is 5.75 Å². The quantitative estimate of drug-likeness (QED) is 0.917. The number of hydrogen-bond donors (Lipinski definition) is 1. The molecule has 1 fully saturated rings. The predicted molar refractivity (Wildman–Crippen MR) is 66.7 cm³/mol. The van der Waals surface area contributed by atoms with Crippen LogP contribution in [-0.4, -0.2) is 42.4 Å². The van der Waals surface area contributed by atoms with Crippen LogP contribution in [0.3, 0.4) is 0 Å². The number of rotatable bonds is 4. The Morgan fingerprint density at radius 2 is 2.38 bits per heavy atom. The minimum Gasteiger partial charge on any atom is -0.492 e. The monoisotopic (exact) mass is 285 g/mol. The second-order valence-electron chi connectivity index (χ2n) is 4.05. The summed E-state index contributed by atoms with van der Waals surface area (Å²) in [6, 6.07) is 7.84. The number of β-amino-alcohol motifs (C(OH)–C–C–N with tert-alkyl or cyclic N) is 1. The first-order valence-electron chi connectivity index (χ1n) is 5.53. The van der Waals surface area contributed by atoms with Crippen LogP contribution in [0.2, 0.25) is 0 Å². The van der Waals surface area contributed by atoms with Gasteiger partial charge in [-0.3, -0.25) is 4.90 Å². The van der Waals surface area contributed by atoms with Crippen LogP contribution < -0.4 is 4.74 Å². The van der Waals surface area contributed by atoms with Crippen molar-refractivity contribution in [3.8, 4) is 5.75 Å². The van der Waals surface area contributed by atoms with Gasteiger partial charge in [-0.25, -0.2) is 0 Å². The molecule has 1 aliphatic rings. The van der Waals surface area contributed by atoms with Crippen molar-refractivity contribution in [1.29, 1.82) is 0 Å². The van der Waals surface area contributed by atoms with E-state index in [0.29, 0.717) is 6.61 Å². The van der Waals surface area contributed by atoms with Crippen molar-refractivity contribution >= 4 is 15.9 Å². The lowest BCUT2D eigenvalue weighted by Crippen LogP contribution is -2.27. The Labute approximate surface area is 104 Å². The second-order valence-corrected chi connectivity index (χ2v) is 4.96. The zero-order valence-electron chi connectivity index (χ0n) is 9.10. The van der Waals surface area contributed by atoms with Gasteiger partial charge in [-0.05, 0) is 24.6 Å². The van der Waals surface area contributed by atoms with Crippen molar-refractivity contribution in [3.05, 3.63) is 28.7 Å². The molecule has 0 amide bonds. The Morgan fingerprint density at radius 1 is 1.50 bits per heavy atom. The lowest BCUT2D eigenvalue weighted by molar-refractivity contribution is 0.167. The van der Waals surface area contributed by atoms with E-state index in [1.165, 1.54) is 0 Å². The number of ether oxygens (including phenoxy) is 1. The molecule has 2 rings (SSSR count). The Morgan fingerprint density at radius 3 is 3.06 bits per heavy atom. The number of aliphatic hydroxyl groups excluding tert-OH is 1. The molecule has 0 saturated carbocycles. The molecule has 1 aliphatic heterocycles. The highest BCUT2D eigenvalue weighted by atomic mass is 79.9. The maximum Gasteiger partial charge on any atom is 0.120 e. The van der Waals surface area contributed by atoms with Crippen LogP contribution in [0.25, 0.3) is 0 Å². The van der Waals surface area contributed by atoms with Crippen molar-refractivity contribution in [2.24, 2.45) is 0 Å². The van der Waals surface area contributed by atoms with Gasteiger partial charge in [0.25, 0.3) is 0 Å². The van der Waals surface area contributed by atoms with Gasteiger partial charge in [0.05, 0.1) is 6.10 Å². The van der Waals surface area contributed by atoms with Gasteiger partial charge in [0.15, 0.2) is 0 Å². The Kier molecular flexibility index (Phi) is 4.21. The third-order valence-corrected chi connectivity index (χ3v) is 3.21. The van der Waals surface area contributed by atoms with Crippen molar-refractivity contribution in [1.82, 2.24) is 4.90 Å². The van der Waals surface area contributed by atoms with E-state index in [9.17, 15) is 5.11 Å². The molecule has 0 spiro atoms. The fourth-order valence-electron chi connectivity index (χ4n) is 1.86. The highest BCUT2D eigenvalue weighted by Gasteiger charge is 2.19. The van der Waals surface area contributed by atoms with Gasteiger partial charge < -0.3 is 9.84 Å². The summed E-state index contributed by atoms with van der Waals surface area (Å²) in [6.07, 6.45) is 0.738. The summed E-state index contributed by atoms with van der Waals surface area (Å²) >= 11 is 3.40. The van der Waals surface area contributed by atoms with Crippen molar-refractivity contribution < 1.29 is 9.84 Å². The normalized spacial score (nSPS) is 21.2. The molecule has 1 atom stereocenters. The SMILES string of the molecule is O[C@@H]1CCN(CCOc2cccc(Br)c2)C1. The standard InChI is InChI=1S/C12H16BrNO2/c13-10-2-1-3-12(8-10)16-7-6-14-5-4-11(15)9-14/h1-3,8,11,15H,4-7,9H2/t11-/m1/s1. The van der Waals surface area contributed by atoms with E-state index in [2.05, 4.69) is 20.8 Å². The minimum atomic E-state index is -0.147. The van der Waals surface area contributed by atoms with E-state index in [1.54, 1.807) is 0 Å². The van der Waals surface area contributed by atoms with Crippen LogP contribution >= 0.6 is 15.9 Å². The third-order valence-electron chi connectivity index (χ3n) is 2.72. The third kappa shape index (κ3) is 3.47. The Bertz CT molecular complexity index is 346. The average molecular weight is 286 g/mol. The molecule has 1 heterocycles. The van der Waals surface area contributed by atoms with Crippen LogP contribution in [0, 0.1) is 0 Å². The van der Waals surface area contributed by atoms with Gasteiger partial charge >= 0.3 is 0 Å². The first-order chi connectivity index (χ1) is 7.74. The number of benzene rings is 1. The Hall–Kier alpha value is -0.580. The van der Waals surface area contributed by atoms with Gasteiger partial charge in [0.1, 0.15) is 12.4 Å². The van der Waals surface area contributed by atoms with Gasteiger partial charge in [0, 0.05) is 24.1 Å². The van der Waals surface area contributed by atoms with Gasteiger partial charge in [-0.15, -0.1) is 0 Å². The maximum atomic E-state index is 9.36. The molecule has 0 radical (unpaired) electrons. The molecule has 1 aromatic rings. The molecule has 0 aliphatic carbocycles. The van der Waals surface area contributed by atoms with E-state index in [1.807, 2.05) is 24.3 Å². The van der Waals surface area contributed by atoms with Crippen molar-refractivity contribution in [2.45, 2.75) is 12.5 Å². The lowest BCUT2D eigenvalue weighted by atomic mass is 10.3. The molecular formula is C12H16BrNO2. The van der Waals surface area contributed by atoms with Gasteiger partial charge in [0.2, 0.25) is 0 Å². The molecular weight excluding hydrogens is 270 g/mol. The molecule has 1 saturated heterocycles. The summed E-state index contributed by atoms with van der Waals surface area (Å²) in [7, 11) is 0. The van der Waals surface area contributed by atoms with Crippen molar-refractivity contribution in [2.75, 3.05) is 26.2 Å². The molecule has 88 valence electrons. The number of likely N-dealkylation sites (tertiary alicyclic amines) is 1. The zero-order valence-corrected chi connectivity index (χ0v) is 10.7. The molecule has 0 unspecified atom stereocenters. The summed E-state index contributed by atoms with van der Waals surface area (Å²) < 4.78 is 6.66. The van der Waals surface area contributed by atoms with Crippen LogP contribution in [0.4, 0.5) is 0 Å². The summed E-state index contributed by atoms with van der Waals surface area (Å²) in [4.78, 5) is 2.22. The van der Waals surface area contributed by atoms with E-state index in [0.717, 1.165) is 36.3 Å². The number of halogens is 1. The first kappa shape index (κ1) is 11.9. The van der Waals surface area contributed by atoms with Crippen LogP contribution in [0.15, 0.2) is 28.7 Å². The largest absolute Gasteiger partial charge is 0.492 e. The number of hydrogen-bond acceptors (Lipinski definition) is 3. The minimum absolute atomic E-state index is 0.147. The first-order valence-corrected chi connectivity index (χ1v) is 6.32. The summed E-state index contributed by atoms with van der Waals surface area (Å²) in [5.41, 5.74) is 0. The molecule has 4 heteroatoms. The van der Waals surface area contributed by atoms with E-state index >= 15 is 0 Å². The fraction of sp³-hybridized carbons (Fsp3) is 0.500. The smallest absolute Gasteiger partial charge is 0.120 e. The maximum absolute atomic E-state index is 9.36. The Balaban J connectivity index is 1.72. The topological polar surface area (TPSA) is 32.7 Å². The molecule has 16 heavy (non-hydrogen) atoms. The number of aliphatic hydroxyl groups is 1. The average Bonchev–Trinajstić information content (AvgIpc) is 2.64. The molecule has 1 aromatic carbocycles. The second kappa shape index (κ2) is 5.66. The predicted octanol–water partition coefficient (Wildman–Crippen LogP) is 1.89. The lowest BCUT2D eigenvalue weighted by Gasteiger charge is -2.15. The zero-order chi connectivity index (χ0) is 11.4. The van der Waals surface area contributed by atoms with Gasteiger partial charge in [-0.1, -0.05) is 22.0 Å². The van der Waals surface area contributed by atoms with E-state index < -0.39 is 0 Å². The summed E-state index contributed by atoms with van der Waals surface area (Å²) in [6.45, 7) is 3.30. The van der Waals surface area contributed by atoms with E-state index in [4.69, 9.17) is 4.74 Å². The van der Waals surface area contributed by atoms with Gasteiger partial charge in [-0.2, -0.15) is 0 Å². The molecule has 3 nitrogen and oxygen atoms in total. The van der Waals surface area contributed by atoms with E-state index in [-0.39, 0.29) is 6.10 Å². The highest BCUT2D eigenvalue weighted by Crippen LogP contribution is 2.17.